The van der Waals surface area contributed by atoms with Gasteiger partial charge in [-0.3, -0.25) is 0 Å². The fraction of sp³-hybridized carbons (Fsp3) is 0.556. The normalized spacial score (nSPS) is 18.5. The van der Waals surface area contributed by atoms with E-state index < -0.39 is 0 Å². The summed E-state index contributed by atoms with van der Waals surface area (Å²) in [6.45, 7) is 0. The molecular weight excluding hydrogens is 194 g/mol. The Morgan fingerprint density at radius 1 is 1.53 bits per heavy atom. The quantitative estimate of drug-likeness (QED) is 0.288. The third-order valence-electron chi connectivity index (χ3n) is 2.90. The molecule has 82 valence electrons. The van der Waals surface area contributed by atoms with Crippen LogP contribution in [0.4, 0.5) is 5.82 Å². The van der Waals surface area contributed by atoms with E-state index in [-0.39, 0.29) is 5.84 Å². The van der Waals surface area contributed by atoms with Gasteiger partial charge >= 0.3 is 0 Å². The topological polar surface area (TPSA) is 102 Å². The third-order valence-corrected chi connectivity index (χ3v) is 2.90. The molecule has 1 aliphatic carbocycles. The maximum Gasteiger partial charge on any atom is 0.192 e. The number of rotatable bonds is 2. The summed E-state index contributed by atoms with van der Waals surface area (Å²) in [5.41, 5.74) is 11.7. The molecule has 0 saturated heterocycles. The number of anilines is 1. The largest absolute Gasteiger partial charge is 0.409 e. The van der Waals surface area contributed by atoms with Gasteiger partial charge in [0.15, 0.2) is 11.5 Å². The molecule has 1 aromatic rings. The molecule has 5 N–H and O–H groups in total. The summed E-state index contributed by atoms with van der Waals surface area (Å²) in [6, 6.07) is 0.415. The van der Waals surface area contributed by atoms with Crippen molar-refractivity contribution in [2.75, 3.05) is 5.73 Å². The van der Waals surface area contributed by atoms with E-state index in [2.05, 4.69) is 10.1 Å². The summed E-state index contributed by atoms with van der Waals surface area (Å²) >= 11 is 0. The number of hydrogen-bond donors (Lipinski definition) is 3. The third kappa shape index (κ3) is 1.62. The predicted molar refractivity (Wildman–Crippen MR) is 56.7 cm³/mol. The SMILES string of the molecule is NC(=NO)c1ncn(C2CCCC2)c1N. The summed E-state index contributed by atoms with van der Waals surface area (Å²) in [6.07, 6.45) is 6.35. The van der Waals surface area contributed by atoms with Crippen LogP contribution in [-0.2, 0) is 0 Å². The molecule has 15 heavy (non-hydrogen) atoms. The van der Waals surface area contributed by atoms with E-state index >= 15 is 0 Å². The van der Waals surface area contributed by atoms with Crippen molar-refractivity contribution in [2.24, 2.45) is 10.9 Å². The Morgan fingerprint density at radius 3 is 2.80 bits per heavy atom. The van der Waals surface area contributed by atoms with Gasteiger partial charge in [-0.15, -0.1) is 0 Å². The van der Waals surface area contributed by atoms with E-state index in [1.54, 1.807) is 6.33 Å². The van der Waals surface area contributed by atoms with Crippen LogP contribution in [-0.4, -0.2) is 20.6 Å². The highest BCUT2D eigenvalue weighted by atomic mass is 16.4. The zero-order valence-electron chi connectivity index (χ0n) is 8.43. The summed E-state index contributed by atoms with van der Waals surface area (Å²) in [4.78, 5) is 4.05. The van der Waals surface area contributed by atoms with E-state index in [1.165, 1.54) is 12.8 Å². The van der Waals surface area contributed by atoms with Crippen molar-refractivity contribution in [1.29, 1.82) is 0 Å². The molecule has 1 aromatic heterocycles. The molecule has 1 heterocycles. The number of imidazole rings is 1. The van der Waals surface area contributed by atoms with Crippen molar-refractivity contribution >= 4 is 11.7 Å². The molecule has 0 atom stereocenters. The van der Waals surface area contributed by atoms with E-state index in [4.69, 9.17) is 16.7 Å². The summed E-state index contributed by atoms with van der Waals surface area (Å²) in [5, 5.41) is 11.4. The van der Waals surface area contributed by atoms with Gasteiger partial charge in [-0.25, -0.2) is 4.98 Å². The van der Waals surface area contributed by atoms with E-state index in [1.807, 2.05) is 4.57 Å². The molecule has 0 spiro atoms. The Hall–Kier alpha value is -1.72. The molecule has 1 saturated carbocycles. The molecular formula is C9H15N5O. The van der Waals surface area contributed by atoms with Crippen molar-refractivity contribution in [3.63, 3.8) is 0 Å². The van der Waals surface area contributed by atoms with E-state index in [0.717, 1.165) is 12.8 Å². The van der Waals surface area contributed by atoms with Crippen LogP contribution in [0.2, 0.25) is 0 Å². The first-order chi connectivity index (χ1) is 7.24. The van der Waals surface area contributed by atoms with Gasteiger partial charge in [0.25, 0.3) is 0 Å². The van der Waals surface area contributed by atoms with Crippen LogP contribution in [0, 0.1) is 0 Å². The first-order valence-corrected chi connectivity index (χ1v) is 5.04. The van der Waals surface area contributed by atoms with Crippen LogP contribution in [0.5, 0.6) is 0 Å². The van der Waals surface area contributed by atoms with Crippen LogP contribution >= 0.6 is 0 Å². The molecule has 0 radical (unpaired) electrons. The van der Waals surface area contributed by atoms with Crippen molar-refractivity contribution in [3.05, 3.63) is 12.0 Å². The molecule has 0 aliphatic heterocycles. The van der Waals surface area contributed by atoms with E-state index in [9.17, 15) is 0 Å². The van der Waals surface area contributed by atoms with Crippen molar-refractivity contribution < 1.29 is 5.21 Å². The van der Waals surface area contributed by atoms with Gasteiger partial charge in [-0.05, 0) is 12.8 Å². The van der Waals surface area contributed by atoms with Crippen molar-refractivity contribution in [1.82, 2.24) is 9.55 Å². The van der Waals surface area contributed by atoms with Gasteiger partial charge < -0.3 is 21.2 Å². The monoisotopic (exact) mass is 209 g/mol. The van der Waals surface area contributed by atoms with Crippen LogP contribution in [0.25, 0.3) is 0 Å². The van der Waals surface area contributed by atoms with Gasteiger partial charge in [0, 0.05) is 6.04 Å². The van der Waals surface area contributed by atoms with Gasteiger partial charge in [0.2, 0.25) is 0 Å². The fourth-order valence-electron chi connectivity index (χ4n) is 2.09. The molecule has 1 aliphatic rings. The van der Waals surface area contributed by atoms with Crippen LogP contribution < -0.4 is 11.5 Å². The number of nitrogens with zero attached hydrogens (tertiary/aromatic N) is 3. The smallest absolute Gasteiger partial charge is 0.192 e. The van der Waals surface area contributed by atoms with Crippen LogP contribution in [0.15, 0.2) is 11.5 Å². The molecule has 0 amide bonds. The summed E-state index contributed by atoms with van der Waals surface area (Å²) in [7, 11) is 0. The van der Waals surface area contributed by atoms with Gasteiger partial charge in [0.05, 0.1) is 6.33 Å². The second-order valence-electron chi connectivity index (χ2n) is 3.81. The minimum atomic E-state index is -0.0377. The van der Waals surface area contributed by atoms with Crippen molar-refractivity contribution in [2.45, 2.75) is 31.7 Å². The Morgan fingerprint density at radius 2 is 2.20 bits per heavy atom. The Kier molecular flexibility index (Phi) is 2.49. The Bertz CT molecular complexity index is 378. The van der Waals surface area contributed by atoms with Crippen molar-refractivity contribution in [3.8, 4) is 0 Å². The lowest BCUT2D eigenvalue weighted by molar-refractivity contribution is 0.318. The lowest BCUT2D eigenvalue weighted by Crippen LogP contribution is -2.17. The number of nitrogen functional groups attached to an aromatic ring is 1. The summed E-state index contributed by atoms with van der Waals surface area (Å²) in [5.74, 6) is 0.446. The average molecular weight is 209 g/mol. The second kappa shape index (κ2) is 3.80. The highest BCUT2D eigenvalue weighted by Crippen LogP contribution is 2.31. The zero-order valence-corrected chi connectivity index (χ0v) is 8.43. The van der Waals surface area contributed by atoms with Crippen LogP contribution in [0.1, 0.15) is 37.4 Å². The minimum absolute atomic E-state index is 0.0377. The molecule has 6 heteroatoms. The van der Waals surface area contributed by atoms with Gasteiger partial charge in [0.1, 0.15) is 5.82 Å². The maximum absolute atomic E-state index is 8.55. The average Bonchev–Trinajstić information content (AvgIpc) is 2.85. The Balaban J connectivity index is 2.30. The zero-order chi connectivity index (χ0) is 10.8. The second-order valence-corrected chi connectivity index (χ2v) is 3.81. The number of amidine groups is 1. The fourth-order valence-corrected chi connectivity index (χ4v) is 2.09. The molecule has 6 nitrogen and oxygen atoms in total. The van der Waals surface area contributed by atoms with E-state index in [0.29, 0.717) is 17.6 Å². The lowest BCUT2D eigenvalue weighted by atomic mass is 10.2. The molecule has 0 aromatic carbocycles. The van der Waals surface area contributed by atoms with Crippen LogP contribution in [0.3, 0.4) is 0 Å². The number of aromatic nitrogens is 2. The number of hydrogen-bond acceptors (Lipinski definition) is 4. The molecule has 1 fully saturated rings. The number of oxime groups is 1. The first-order valence-electron chi connectivity index (χ1n) is 5.04. The standard InChI is InChI=1S/C9H15N5O/c10-8(13-15)7-9(11)14(5-12-7)6-3-1-2-4-6/h5-6,15H,1-4,11H2,(H2,10,13). The lowest BCUT2D eigenvalue weighted by Gasteiger charge is -2.12. The van der Waals surface area contributed by atoms with Gasteiger partial charge in [-0.1, -0.05) is 18.0 Å². The maximum atomic E-state index is 8.55. The van der Waals surface area contributed by atoms with Gasteiger partial charge in [-0.2, -0.15) is 0 Å². The first kappa shape index (κ1) is 9.82. The highest BCUT2D eigenvalue weighted by molar-refractivity contribution is 5.99. The number of nitrogens with two attached hydrogens (primary N) is 2. The predicted octanol–water partition coefficient (Wildman–Crippen LogP) is 0.675. The highest BCUT2D eigenvalue weighted by Gasteiger charge is 2.21. The molecule has 0 unspecified atom stereocenters. The Labute approximate surface area is 87.6 Å². The summed E-state index contributed by atoms with van der Waals surface area (Å²) < 4.78 is 1.92. The molecule has 0 bridgehead atoms. The molecule has 2 rings (SSSR count). The minimum Gasteiger partial charge on any atom is -0.409 e.